The summed E-state index contributed by atoms with van der Waals surface area (Å²) in [6.07, 6.45) is 13.9. The molecule has 126 valence electrons. The van der Waals surface area contributed by atoms with Gasteiger partial charge in [0.05, 0.1) is 18.2 Å². The first-order valence-corrected chi connectivity index (χ1v) is 9.44. The van der Waals surface area contributed by atoms with E-state index in [-0.39, 0.29) is 0 Å². The molecule has 0 N–H and O–H groups in total. The maximum Gasteiger partial charge on any atom is 0.119 e. The molecule has 1 aromatic rings. The van der Waals surface area contributed by atoms with Gasteiger partial charge in [-0.25, -0.2) is 0 Å². The Bertz CT molecular complexity index is 466. The van der Waals surface area contributed by atoms with Crippen LogP contribution in [0.1, 0.15) is 76.7 Å². The van der Waals surface area contributed by atoms with Gasteiger partial charge in [0.15, 0.2) is 0 Å². The number of rotatable bonds is 9. The van der Waals surface area contributed by atoms with Crippen LogP contribution < -0.4 is 4.74 Å². The molecule has 0 aliphatic heterocycles. The number of ether oxygens (including phenoxy) is 1. The number of benzene rings is 1. The molecule has 0 atom stereocenters. The van der Waals surface area contributed by atoms with E-state index >= 15 is 0 Å². The zero-order valence-electron chi connectivity index (χ0n) is 14.6. The molecular weight excluding hydrogens is 282 g/mol. The largest absolute Gasteiger partial charge is 0.493 e. The molecule has 0 aromatic heterocycles. The van der Waals surface area contributed by atoms with Gasteiger partial charge >= 0.3 is 0 Å². The average Bonchev–Trinajstić information content (AvgIpc) is 2.61. The van der Waals surface area contributed by atoms with Gasteiger partial charge in [-0.1, -0.05) is 58.3 Å². The second kappa shape index (κ2) is 10.3. The fraction of sp³-hybridized carbons (Fsp3) is 0.667. The molecule has 1 fully saturated rings. The van der Waals surface area contributed by atoms with Gasteiger partial charge in [0.1, 0.15) is 5.75 Å². The zero-order chi connectivity index (χ0) is 16.3. The number of unbranched alkanes of at least 4 members (excludes halogenated alkanes) is 4. The molecule has 23 heavy (non-hydrogen) atoms. The van der Waals surface area contributed by atoms with Gasteiger partial charge < -0.3 is 4.74 Å². The van der Waals surface area contributed by atoms with E-state index in [2.05, 4.69) is 13.0 Å². The van der Waals surface area contributed by atoms with Crippen molar-refractivity contribution in [3.63, 3.8) is 0 Å². The van der Waals surface area contributed by atoms with E-state index in [9.17, 15) is 0 Å². The molecule has 2 heteroatoms. The van der Waals surface area contributed by atoms with E-state index in [1.165, 1.54) is 64.2 Å². The van der Waals surface area contributed by atoms with Crippen LogP contribution in [-0.2, 0) is 0 Å². The van der Waals surface area contributed by atoms with Crippen molar-refractivity contribution < 1.29 is 4.74 Å². The van der Waals surface area contributed by atoms with Gasteiger partial charge in [0.2, 0.25) is 0 Å². The van der Waals surface area contributed by atoms with Crippen molar-refractivity contribution in [2.24, 2.45) is 11.8 Å². The van der Waals surface area contributed by atoms with Crippen LogP contribution in [0.3, 0.4) is 0 Å². The molecule has 2 nitrogen and oxygen atoms in total. The Morgan fingerprint density at radius 2 is 1.61 bits per heavy atom. The summed E-state index contributed by atoms with van der Waals surface area (Å²) in [5.41, 5.74) is 0.691. The fourth-order valence-corrected chi connectivity index (χ4v) is 3.56. The minimum absolute atomic E-state index is 0.691. The molecule has 0 unspecified atom stereocenters. The van der Waals surface area contributed by atoms with Gasteiger partial charge in [-0.2, -0.15) is 5.26 Å². The molecular formula is C21H31NO. The third kappa shape index (κ3) is 6.65. The summed E-state index contributed by atoms with van der Waals surface area (Å²) in [5.74, 6) is 2.56. The maximum absolute atomic E-state index is 8.80. The minimum Gasteiger partial charge on any atom is -0.493 e. The summed E-state index contributed by atoms with van der Waals surface area (Å²) >= 11 is 0. The van der Waals surface area contributed by atoms with Crippen molar-refractivity contribution in [2.75, 3.05) is 6.61 Å². The van der Waals surface area contributed by atoms with Crippen LogP contribution in [0.5, 0.6) is 5.75 Å². The highest BCUT2D eigenvalue weighted by molar-refractivity contribution is 5.34. The van der Waals surface area contributed by atoms with Crippen LogP contribution in [-0.4, -0.2) is 6.61 Å². The van der Waals surface area contributed by atoms with E-state index in [1.54, 1.807) is 0 Å². The summed E-state index contributed by atoms with van der Waals surface area (Å²) in [4.78, 5) is 0. The quantitative estimate of drug-likeness (QED) is 0.516. The van der Waals surface area contributed by atoms with Gasteiger partial charge in [0, 0.05) is 0 Å². The molecule has 2 rings (SSSR count). The lowest BCUT2D eigenvalue weighted by Crippen LogP contribution is -2.20. The molecule has 0 radical (unpaired) electrons. The van der Waals surface area contributed by atoms with E-state index in [1.807, 2.05) is 24.3 Å². The summed E-state index contributed by atoms with van der Waals surface area (Å²) in [5, 5.41) is 8.80. The van der Waals surface area contributed by atoms with Crippen LogP contribution in [0.2, 0.25) is 0 Å². The first-order chi connectivity index (χ1) is 11.3. The van der Waals surface area contributed by atoms with Crippen LogP contribution in [0, 0.1) is 23.2 Å². The standard InChI is InChI=1S/C21H31NO/c1-2-3-4-5-6-7-18-8-10-20(11-9-18)17-23-21-14-12-19(16-22)13-15-21/h12-15,18,20H,2-11,17H2,1H3. The van der Waals surface area contributed by atoms with E-state index in [4.69, 9.17) is 10.00 Å². The Morgan fingerprint density at radius 3 is 2.26 bits per heavy atom. The summed E-state index contributed by atoms with van der Waals surface area (Å²) in [7, 11) is 0. The highest BCUT2D eigenvalue weighted by atomic mass is 16.5. The second-order valence-electron chi connectivity index (χ2n) is 7.04. The third-order valence-corrected chi connectivity index (χ3v) is 5.15. The average molecular weight is 313 g/mol. The van der Waals surface area contributed by atoms with E-state index < -0.39 is 0 Å². The van der Waals surface area contributed by atoms with Gasteiger partial charge in [0.25, 0.3) is 0 Å². The molecule has 0 bridgehead atoms. The summed E-state index contributed by atoms with van der Waals surface area (Å²) < 4.78 is 5.90. The fourth-order valence-electron chi connectivity index (χ4n) is 3.56. The van der Waals surface area contributed by atoms with Crippen molar-refractivity contribution in [3.8, 4) is 11.8 Å². The molecule has 0 saturated heterocycles. The Kier molecular flexibility index (Phi) is 8.01. The zero-order valence-corrected chi connectivity index (χ0v) is 14.6. The minimum atomic E-state index is 0.691. The number of nitriles is 1. The first-order valence-electron chi connectivity index (χ1n) is 9.44. The van der Waals surface area contributed by atoms with Crippen molar-refractivity contribution in [3.05, 3.63) is 29.8 Å². The first kappa shape index (κ1) is 17.9. The normalized spacial score (nSPS) is 20.9. The summed E-state index contributed by atoms with van der Waals surface area (Å²) in [6, 6.07) is 9.59. The monoisotopic (exact) mass is 313 g/mol. The molecule has 0 amide bonds. The lowest BCUT2D eigenvalue weighted by Gasteiger charge is -2.28. The Hall–Kier alpha value is -1.49. The molecule has 1 aliphatic carbocycles. The predicted molar refractivity (Wildman–Crippen MR) is 95.5 cm³/mol. The molecule has 1 saturated carbocycles. The van der Waals surface area contributed by atoms with Gasteiger partial charge in [-0.15, -0.1) is 0 Å². The lowest BCUT2D eigenvalue weighted by molar-refractivity contribution is 0.177. The van der Waals surface area contributed by atoms with Crippen LogP contribution in [0.25, 0.3) is 0 Å². The number of nitrogens with zero attached hydrogens (tertiary/aromatic N) is 1. The topological polar surface area (TPSA) is 33.0 Å². The third-order valence-electron chi connectivity index (χ3n) is 5.15. The number of hydrogen-bond acceptors (Lipinski definition) is 2. The molecule has 1 aliphatic rings. The Labute approximate surface area is 141 Å². The molecule has 0 heterocycles. The van der Waals surface area contributed by atoms with Crippen LogP contribution in [0.4, 0.5) is 0 Å². The molecule has 0 spiro atoms. The highest BCUT2D eigenvalue weighted by Gasteiger charge is 2.21. The second-order valence-corrected chi connectivity index (χ2v) is 7.04. The van der Waals surface area contributed by atoms with Crippen molar-refractivity contribution in [1.29, 1.82) is 5.26 Å². The Balaban J connectivity index is 1.58. The summed E-state index contributed by atoms with van der Waals surface area (Å²) in [6.45, 7) is 3.11. The number of hydrogen-bond donors (Lipinski definition) is 0. The lowest BCUT2D eigenvalue weighted by atomic mass is 9.80. The SMILES string of the molecule is CCCCCCCC1CCC(COc2ccc(C#N)cc2)CC1. The van der Waals surface area contributed by atoms with Crippen molar-refractivity contribution in [1.82, 2.24) is 0 Å². The predicted octanol–water partition coefficient (Wildman–Crippen LogP) is 6.10. The highest BCUT2D eigenvalue weighted by Crippen LogP contribution is 2.32. The maximum atomic E-state index is 8.80. The van der Waals surface area contributed by atoms with Crippen LogP contribution >= 0.6 is 0 Å². The van der Waals surface area contributed by atoms with Gasteiger partial charge in [-0.05, 0) is 48.9 Å². The van der Waals surface area contributed by atoms with E-state index in [0.29, 0.717) is 11.5 Å². The van der Waals surface area contributed by atoms with Gasteiger partial charge in [-0.3, -0.25) is 0 Å². The van der Waals surface area contributed by atoms with Crippen molar-refractivity contribution >= 4 is 0 Å². The smallest absolute Gasteiger partial charge is 0.119 e. The van der Waals surface area contributed by atoms with Crippen molar-refractivity contribution in [2.45, 2.75) is 71.1 Å². The van der Waals surface area contributed by atoms with E-state index in [0.717, 1.165) is 18.3 Å². The Morgan fingerprint density at radius 1 is 0.957 bits per heavy atom. The van der Waals surface area contributed by atoms with Crippen LogP contribution in [0.15, 0.2) is 24.3 Å². The molecule has 1 aromatic carbocycles.